The van der Waals surface area contributed by atoms with Crippen LogP contribution in [0.3, 0.4) is 0 Å². The van der Waals surface area contributed by atoms with E-state index in [1.807, 2.05) is 30.3 Å². The molecule has 4 rings (SSSR count). The normalized spacial score (nSPS) is 23.0. The van der Waals surface area contributed by atoms with Gasteiger partial charge in [-0.2, -0.15) is 0 Å². The summed E-state index contributed by atoms with van der Waals surface area (Å²) >= 11 is 0. The lowest BCUT2D eigenvalue weighted by molar-refractivity contribution is -0.119. The van der Waals surface area contributed by atoms with Crippen LogP contribution in [0, 0.1) is 11.8 Å². The van der Waals surface area contributed by atoms with Crippen molar-refractivity contribution in [3.63, 3.8) is 0 Å². The second-order valence-electron chi connectivity index (χ2n) is 7.98. The molecule has 29 heavy (non-hydrogen) atoms. The Kier molecular flexibility index (Phi) is 5.62. The molecule has 1 N–H and O–H groups in total. The van der Waals surface area contributed by atoms with Crippen LogP contribution in [0.15, 0.2) is 47.4 Å². The molecule has 1 aromatic heterocycles. The van der Waals surface area contributed by atoms with Gasteiger partial charge in [-0.3, -0.25) is 14.4 Å². The van der Waals surface area contributed by atoms with Crippen LogP contribution >= 0.6 is 0 Å². The van der Waals surface area contributed by atoms with E-state index in [2.05, 4.69) is 5.32 Å². The van der Waals surface area contributed by atoms with Crippen molar-refractivity contribution in [2.75, 3.05) is 13.7 Å². The van der Waals surface area contributed by atoms with E-state index in [-0.39, 0.29) is 11.3 Å². The summed E-state index contributed by atoms with van der Waals surface area (Å²) < 4.78 is 7.21. The van der Waals surface area contributed by atoms with Gasteiger partial charge in [-0.25, -0.2) is 0 Å². The molecule has 2 aromatic rings. The number of benzene rings is 1. The number of rotatable bonds is 6. The monoisotopic (exact) mass is 394 g/mol. The first-order valence-electron chi connectivity index (χ1n) is 10.2. The summed E-state index contributed by atoms with van der Waals surface area (Å²) in [6, 6.07) is 11.0. The first-order valence-corrected chi connectivity index (χ1v) is 10.2. The lowest BCUT2D eigenvalue weighted by atomic mass is 9.65. The minimum Gasteiger partial charge on any atom is -0.378 e. The van der Waals surface area contributed by atoms with Gasteiger partial charge in [0.2, 0.25) is 0 Å². The van der Waals surface area contributed by atoms with Crippen molar-refractivity contribution in [2.45, 2.75) is 38.3 Å². The topological polar surface area (TPSA) is 77.4 Å². The average Bonchev–Trinajstić information content (AvgIpc) is 2.73. The summed E-state index contributed by atoms with van der Waals surface area (Å²) in [7, 11) is 1.48. The number of hydrogen-bond donors (Lipinski definition) is 1. The molecule has 1 saturated heterocycles. The number of fused-ring (bicyclic) bond motifs is 1. The van der Waals surface area contributed by atoms with Crippen molar-refractivity contribution < 1.29 is 14.3 Å². The molecule has 0 bridgehead atoms. The van der Waals surface area contributed by atoms with Crippen molar-refractivity contribution in [2.24, 2.45) is 11.8 Å². The van der Waals surface area contributed by atoms with Gasteiger partial charge in [-0.05, 0) is 42.7 Å². The van der Waals surface area contributed by atoms with E-state index >= 15 is 0 Å². The number of hydrogen-bond acceptors (Lipinski definition) is 4. The highest BCUT2D eigenvalue weighted by Crippen LogP contribution is 2.44. The molecule has 0 radical (unpaired) electrons. The number of ketones is 1. The molecule has 2 heterocycles. The van der Waals surface area contributed by atoms with Gasteiger partial charge in [0.15, 0.2) is 5.78 Å². The minimum atomic E-state index is -0.476. The predicted molar refractivity (Wildman–Crippen MR) is 109 cm³/mol. The maximum absolute atomic E-state index is 13.0. The van der Waals surface area contributed by atoms with Gasteiger partial charge in [0.05, 0.1) is 12.6 Å². The lowest BCUT2D eigenvalue weighted by Crippen LogP contribution is -2.46. The third-order valence-corrected chi connectivity index (χ3v) is 6.15. The van der Waals surface area contributed by atoms with Crippen LogP contribution in [0.25, 0.3) is 0 Å². The van der Waals surface area contributed by atoms with Gasteiger partial charge >= 0.3 is 0 Å². The molecule has 3 atom stereocenters. The Morgan fingerprint density at radius 1 is 1.24 bits per heavy atom. The molecule has 2 fully saturated rings. The van der Waals surface area contributed by atoms with Crippen molar-refractivity contribution in [1.29, 1.82) is 0 Å². The maximum Gasteiger partial charge on any atom is 0.263 e. The Hall–Kier alpha value is -2.73. The van der Waals surface area contributed by atoms with Crippen molar-refractivity contribution in [1.82, 2.24) is 9.88 Å². The molecule has 6 heteroatoms. The number of carbonyl (C=O) groups is 2. The Bertz CT molecular complexity index is 967. The second-order valence-corrected chi connectivity index (χ2v) is 7.98. The number of carbonyl (C=O) groups excluding carboxylic acids is 2. The van der Waals surface area contributed by atoms with E-state index in [4.69, 9.17) is 4.74 Å². The van der Waals surface area contributed by atoms with Crippen molar-refractivity contribution >= 4 is 11.7 Å². The first kappa shape index (κ1) is 19.6. The molecule has 1 saturated carbocycles. The Morgan fingerprint density at radius 2 is 2.03 bits per heavy atom. The smallest absolute Gasteiger partial charge is 0.263 e. The number of nitrogens with one attached hydrogen (secondary N) is 1. The zero-order valence-corrected chi connectivity index (χ0v) is 16.6. The molecule has 6 nitrogen and oxygen atoms in total. The lowest BCUT2D eigenvalue weighted by Gasteiger charge is -2.47. The van der Waals surface area contributed by atoms with Crippen LogP contribution < -0.4 is 10.9 Å². The quantitative estimate of drug-likeness (QED) is 0.764. The van der Waals surface area contributed by atoms with Gasteiger partial charge in [0.1, 0.15) is 5.56 Å². The van der Waals surface area contributed by atoms with Crippen molar-refractivity contribution in [3.05, 3.63) is 69.6 Å². The summed E-state index contributed by atoms with van der Waals surface area (Å²) in [6.45, 7) is 1.13. The summed E-state index contributed by atoms with van der Waals surface area (Å²) in [5.41, 5.74) is 0.957. The van der Waals surface area contributed by atoms with Crippen LogP contribution in [0.1, 0.15) is 52.0 Å². The summed E-state index contributed by atoms with van der Waals surface area (Å²) in [4.78, 5) is 38.1. The van der Waals surface area contributed by atoms with E-state index in [1.165, 1.54) is 17.7 Å². The fourth-order valence-corrected chi connectivity index (χ4v) is 4.50. The molecule has 1 aliphatic heterocycles. The highest BCUT2D eigenvalue weighted by Gasteiger charge is 2.43. The van der Waals surface area contributed by atoms with E-state index < -0.39 is 11.5 Å². The third-order valence-electron chi connectivity index (χ3n) is 6.15. The number of aromatic nitrogens is 1. The average molecular weight is 394 g/mol. The number of nitrogens with zero attached hydrogens (tertiary/aromatic N) is 1. The second kappa shape index (κ2) is 8.33. The summed E-state index contributed by atoms with van der Waals surface area (Å²) in [6.07, 6.45) is 5.41. The van der Waals surface area contributed by atoms with Crippen LogP contribution in [0.5, 0.6) is 0 Å². The van der Waals surface area contributed by atoms with Crippen LogP contribution in [0.2, 0.25) is 0 Å². The van der Waals surface area contributed by atoms with Gasteiger partial charge < -0.3 is 14.6 Å². The van der Waals surface area contributed by atoms with Crippen LogP contribution in [0.4, 0.5) is 0 Å². The van der Waals surface area contributed by atoms with E-state index in [0.717, 1.165) is 31.4 Å². The van der Waals surface area contributed by atoms with Gasteiger partial charge in [0, 0.05) is 31.8 Å². The zero-order valence-electron chi connectivity index (χ0n) is 16.6. The molecule has 2 aliphatic rings. The van der Waals surface area contributed by atoms with E-state index in [0.29, 0.717) is 36.5 Å². The van der Waals surface area contributed by atoms with E-state index in [1.54, 1.807) is 6.20 Å². The number of Topliss-reactive ketones (excluding diaryl/α,β-unsaturated/α-hetero) is 1. The zero-order chi connectivity index (χ0) is 20.4. The highest BCUT2D eigenvalue weighted by molar-refractivity contribution is 6.00. The molecule has 152 valence electrons. The Morgan fingerprint density at radius 3 is 2.76 bits per heavy atom. The summed E-state index contributed by atoms with van der Waals surface area (Å²) in [5, 5.41) is 2.50. The molecule has 0 spiro atoms. The molecular weight excluding hydrogens is 368 g/mol. The fraction of sp³-hybridized carbons (Fsp3) is 0.435. The summed E-state index contributed by atoms with van der Waals surface area (Å²) in [5.74, 6) is 0.286. The molecular formula is C23H26N2O4. The third kappa shape index (κ3) is 4.03. The number of ether oxygens (including phenoxy) is 1. The van der Waals surface area contributed by atoms with E-state index in [9.17, 15) is 14.4 Å². The van der Waals surface area contributed by atoms with Gasteiger partial charge in [-0.15, -0.1) is 0 Å². The Labute approximate surface area is 169 Å². The largest absolute Gasteiger partial charge is 0.378 e. The molecule has 1 aromatic carbocycles. The Balaban J connectivity index is 1.60. The SMILES string of the molecule is CNC(=O)c1cc(C(=O)CC2CC3OCCCC23)cn(Cc2ccccc2)c1=O. The number of pyridine rings is 1. The van der Waals surface area contributed by atoms with Gasteiger partial charge in [0.25, 0.3) is 11.5 Å². The standard InChI is InChI=1S/C23H26N2O4/c1-24-22(27)19-10-17(14-25(23(19)28)13-15-6-3-2-4-7-15)20(26)11-16-12-21-18(16)8-5-9-29-21/h2-4,6-7,10,14,16,18,21H,5,8-9,11-13H2,1H3,(H,24,27). The molecule has 3 unspecified atom stereocenters. The highest BCUT2D eigenvalue weighted by atomic mass is 16.5. The maximum atomic E-state index is 13.0. The van der Waals surface area contributed by atoms with Crippen molar-refractivity contribution in [3.8, 4) is 0 Å². The molecule has 1 amide bonds. The fourth-order valence-electron chi connectivity index (χ4n) is 4.50. The molecule has 1 aliphatic carbocycles. The van der Waals surface area contributed by atoms with Crippen LogP contribution in [-0.2, 0) is 11.3 Å². The minimum absolute atomic E-state index is 0.00164. The first-order chi connectivity index (χ1) is 14.1. The van der Waals surface area contributed by atoms with Crippen LogP contribution in [-0.4, -0.2) is 36.0 Å². The van der Waals surface area contributed by atoms with Gasteiger partial charge in [-0.1, -0.05) is 30.3 Å². The number of amides is 1. The predicted octanol–water partition coefficient (Wildman–Crippen LogP) is 2.64.